The number of non-ortho nitro benzene ring substituents is 1. The second-order valence-corrected chi connectivity index (χ2v) is 5.86. The second-order valence-electron chi connectivity index (χ2n) is 5.86. The summed E-state index contributed by atoms with van der Waals surface area (Å²) in [5, 5.41) is 22.8. The number of carboxylic acids is 1. The van der Waals surface area contributed by atoms with E-state index in [1.165, 1.54) is 0 Å². The predicted molar refractivity (Wildman–Crippen MR) is 86.0 cm³/mol. The average Bonchev–Trinajstić information content (AvgIpc) is 2.56. The zero-order valence-corrected chi connectivity index (χ0v) is 13.7. The van der Waals surface area contributed by atoms with Crippen molar-refractivity contribution in [2.24, 2.45) is 5.92 Å². The van der Waals surface area contributed by atoms with Crippen molar-refractivity contribution in [1.29, 1.82) is 0 Å². The number of aliphatic carboxylic acids is 1. The Labute approximate surface area is 143 Å². The number of carbonyl (C=O) groups excluding carboxylic acids is 1. The molecule has 1 aromatic carbocycles. The summed E-state index contributed by atoms with van der Waals surface area (Å²) in [6, 6.07) is 1.50. The van der Waals surface area contributed by atoms with Crippen LogP contribution in [0.15, 0.2) is 12.1 Å². The Morgan fingerprint density at radius 3 is 2.52 bits per heavy atom. The molecule has 1 aliphatic rings. The van der Waals surface area contributed by atoms with Crippen LogP contribution in [0.3, 0.4) is 0 Å². The van der Waals surface area contributed by atoms with E-state index in [0.29, 0.717) is 25.7 Å². The van der Waals surface area contributed by atoms with Gasteiger partial charge in [0.2, 0.25) is 0 Å². The van der Waals surface area contributed by atoms with E-state index in [-0.39, 0.29) is 23.9 Å². The lowest BCUT2D eigenvalue weighted by Gasteiger charge is -2.28. The van der Waals surface area contributed by atoms with Gasteiger partial charge in [0.1, 0.15) is 0 Å². The lowest BCUT2D eigenvalue weighted by molar-refractivity contribution is -0.385. The summed E-state index contributed by atoms with van der Waals surface area (Å²) in [6.07, 6.45) is 1.87. The number of rotatable bonds is 6. The zero-order chi connectivity index (χ0) is 18.6. The minimum absolute atomic E-state index is 0.0479. The third-order valence-electron chi connectivity index (χ3n) is 4.21. The molecule has 0 saturated heterocycles. The fraction of sp³-hybridized carbons (Fsp3) is 0.500. The number of hydrogen-bond acceptors (Lipinski definition) is 6. The first kappa shape index (κ1) is 18.6. The third kappa shape index (κ3) is 4.43. The highest BCUT2D eigenvalue weighted by Crippen LogP contribution is 2.31. The molecule has 0 amide bonds. The average molecular weight is 354 g/mol. The van der Waals surface area contributed by atoms with Crippen molar-refractivity contribution in [3.63, 3.8) is 0 Å². The van der Waals surface area contributed by atoms with Crippen LogP contribution >= 0.6 is 0 Å². The van der Waals surface area contributed by atoms with Gasteiger partial charge < -0.3 is 15.2 Å². The zero-order valence-electron chi connectivity index (χ0n) is 13.7. The number of carbonyl (C=O) groups is 2. The summed E-state index contributed by atoms with van der Waals surface area (Å²) in [6.45, 7) is 1.62. The Balaban J connectivity index is 2.25. The number of ether oxygens (including phenoxy) is 1. The maximum atomic E-state index is 14.4. The second kappa shape index (κ2) is 7.91. The van der Waals surface area contributed by atoms with E-state index in [9.17, 15) is 24.1 Å². The molecule has 1 aromatic rings. The SMILES string of the molecule is CCOC(=O)c1cc([N+](=O)[O-])cc(F)c1NC1CCC(C(=O)O)CC1. The van der Waals surface area contributed by atoms with Crippen molar-refractivity contribution in [1.82, 2.24) is 0 Å². The first-order valence-corrected chi connectivity index (χ1v) is 7.97. The van der Waals surface area contributed by atoms with Gasteiger partial charge in [-0.2, -0.15) is 0 Å². The van der Waals surface area contributed by atoms with Crippen LogP contribution in [0.1, 0.15) is 43.0 Å². The molecule has 9 heteroatoms. The van der Waals surface area contributed by atoms with Gasteiger partial charge in [0.05, 0.1) is 34.8 Å². The van der Waals surface area contributed by atoms with Gasteiger partial charge in [-0.25, -0.2) is 9.18 Å². The number of nitro benzene ring substituents is 1. The topological polar surface area (TPSA) is 119 Å². The fourth-order valence-corrected chi connectivity index (χ4v) is 2.90. The monoisotopic (exact) mass is 354 g/mol. The van der Waals surface area contributed by atoms with Crippen LogP contribution in [-0.4, -0.2) is 34.6 Å². The molecule has 1 saturated carbocycles. The molecule has 1 fully saturated rings. The van der Waals surface area contributed by atoms with Crippen molar-refractivity contribution in [3.05, 3.63) is 33.6 Å². The third-order valence-corrected chi connectivity index (χ3v) is 4.21. The molecule has 0 aromatic heterocycles. The van der Waals surface area contributed by atoms with Gasteiger partial charge in [0.25, 0.3) is 5.69 Å². The normalized spacial score (nSPS) is 19.9. The van der Waals surface area contributed by atoms with Crippen LogP contribution in [0.4, 0.5) is 15.8 Å². The lowest BCUT2D eigenvalue weighted by Crippen LogP contribution is -2.30. The summed E-state index contributed by atoms with van der Waals surface area (Å²) in [7, 11) is 0. The van der Waals surface area contributed by atoms with Crippen LogP contribution in [0.5, 0.6) is 0 Å². The first-order chi connectivity index (χ1) is 11.8. The van der Waals surface area contributed by atoms with Crippen LogP contribution in [-0.2, 0) is 9.53 Å². The first-order valence-electron chi connectivity index (χ1n) is 7.97. The molecule has 1 aliphatic carbocycles. The lowest BCUT2D eigenvalue weighted by atomic mass is 9.86. The molecule has 0 unspecified atom stereocenters. The fourth-order valence-electron chi connectivity index (χ4n) is 2.90. The van der Waals surface area contributed by atoms with Crippen molar-refractivity contribution >= 4 is 23.3 Å². The number of halogens is 1. The van der Waals surface area contributed by atoms with Crippen molar-refractivity contribution in [3.8, 4) is 0 Å². The summed E-state index contributed by atoms with van der Waals surface area (Å²) in [5.41, 5.74) is -0.933. The molecule has 0 heterocycles. The number of hydrogen-bond donors (Lipinski definition) is 2. The molecule has 8 nitrogen and oxygen atoms in total. The minimum Gasteiger partial charge on any atom is -0.481 e. The summed E-state index contributed by atoms with van der Waals surface area (Å²) >= 11 is 0. The Kier molecular flexibility index (Phi) is 5.89. The number of esters is 1. The molecule has 0 radical (unpaired) electrons. The van der Waals surface area contributed by atoms with Crippen LogP contribution < -0.4 is 5.32 Å². The van der Waals surface area contributed by atoms with E-state index in [0.717, 1.165) is 12.1 Å². The maximum Gasteiger partial charge on any atom is 0.340 e. The molecule has 136 valence electrons. The van der Waals surface area contributed by atoms with Crippen LogP contribution in [0.25, 0.3) is 0 Å². The van der Waals surface area contributed by atoms with Gasteiger partial charge in [-0.3, -0.25) is 14.9 Å². The molecule has 0 atom stereocenters. The molecular formula is C16H19FN2O6. The highest BCUT2D eigenvalue weighted by molar-refractivity contribution is 5.96. The molecule has 0 bridgehead atoms. The molecule has 0 spiro atoms. The number of nitrogens with zero attached hydrogens (tertiary/aromatic N) is 1. The van der Waals surface area contributed by atoms with Gasteiger partial charge >= 0.3 is 11.9 Å². The van der Waals surface area contributed by atoms with Gasteiger partial charge in [0.15, 0.2) is 5.82 Å². The summed E-state index contributed by atoms with van der Waals surface area (Å²) in [4.78, 5) is 33.1. The summed E-state index contributed by atoms with van der Waals surface area (Å²) < 4.78 is 19.2. The van der Waals surface area contributed by atoms with Gasteiger partial charge in [-0.05, 0) is 32.6 Å². The molecule has 2 N–H and O–H groups in total. The van der Waals surface area contributed by atoms with E-state index in [4.69, 9.17) is 9.84 Å². The van der Waals surface area contributed by atoms with Crippen LogP contribution in [0.2, 0.25) is 0 Å². The van der Waals surface area contributed by atoms with E-state index in [2.05, 4.69) is 5.32 Å². The van der Waals surface area contributed by atoms with Crippen LogP contribution in [0, 0.1) is 21.8 Å². The Morgan fingerprint density at radius 1 is 1.36 bits per heavy atom. The predicted octanol–water partition coefficient (Wildman–Crippen LogP) is 2.97. The quantitative estimate of drug-likeness (QED) is 0.458. The standard InChI is InChI=1S/C16H19FN2O6/c1-2-25-16(22)12-7-11(19(23)24)8-13(17)14(12)18-10-5-3-9(4-6-10)15(20)21/h7-10,18H,2-6H2,1H3,(H,20,21). The number of carboxylic acid groups (broad SMARTS) is 1. The van der Waals surface area contributed by atoms with E-state index >= 15 is 0 Å². The van der Waals surface area contributed by atoms with E-state index in [1.807, 2.05) is 0 Å². The number of nitrogens with one attached hydrogen (secondary N) is 1. The van der Waals surface area contributed by atoms with Crippen molar-refractivity contribution < 1.29 is 28.7 Å². The molecular weight excluding hydrogens is 335 g/mol. The Morgan fingerprint density at radius 2 is 2.00 bits per heavy atom. The van der Waals surface area contributed by atoms with Gasteiger partial charge in [0, 0.05) is 12.1 Å². The van der Waals surface area contributed by atoms with Gasteiger partial charge in [-0.15, -0.1) is 0 Å². The van der Waals surface area contributed by atoms with Gasteiger partial charge in [-0.1, -0.05) is 0 Å². The highest BCUT2D eigenvalue weighted by atomic mass is 19.1. The minimum atomic E-state index is -0.919. The number of anilines is 1. The van der Waals surface area contributed by atoms with Crippen molar-refractivity contribution in [2.75, 3.05) is 11.9 Å². The summed E-state index contributed by atoms with van der Waals surface area (Å²) in [5.74, 6) is -3.05. The van der Waals surface area contributed by atoms with Crippen molar-refractivity contribution in [2.45, 2.75) is 38.6 Å². The molecule has 25 heavy (non-hydrogen) atoms. The number of benzene rings is 1. The highest BCUT2D eigenvalue weighted by Gasteiger charge is 2.29. The maximum absolute atomic E-state index is 14.4. The van der Waals surface area contributed by atoms with E-state index in [1.54, 1.807) is 6.92 Å². The molecule has 0 aliphatic heterocycles. The largest absolute Gasteiger partial charge is 0.481 e. The smallest absolute Gasteiger partial charge is 0.340 e. The number of nitro groups is 1. The molecule has 2 rings (SSSR count). The Hall–Kier alpha value is -2.71. The Bertz CT molecular complexity index is 685. The van der Waals surface area contributed by atoms with E-state index < -0.39 is 34.3 Å².